The summed E-state index contributed by atoms with van der Waals surface area (Å²) in [5, 5.41) is 3.27. The molecule has 3 nitrogen and oxygen atoms in total. The Labute approximate surface area is 88.9 Å². The summed E-state index contributed by atoms with van der Waals surface area (Å²) in [6.07, 6.45) is 4.39. The summed E-state index contributed by atoms with van der Waals surface area (Å²) in [5.41, 5.74) is 5.81. The van der Waals surface area contributed by atoms with E-state index >= 15 is 0 Å². The molecular formula is C10H17N3S. The highest BCUT2D eigenvalue weighted by atomic mass is 32.1. The molecular weight excluding hydrogens is 194 g/mol. The quantitative estimate of drug-likeness (QED) is 0.806. The van der Waals surface area contributed by atoms with Gasteiger partial charge in [0.15, 0.2) is 0 Å². The lowest BCUT2D eigenvalue weighted by molar-refractivity contribution is 0.125. The average Bonchev–Trinajstić information content (AvgIpc) is 2.70. The van der Waals surface area contributed by atoms with Crippen molar-refractivity contribution in [3.8, 4) is 0 Å². The average molecular weight is 211 g/mol. The molecule has 0 saturated carbocycles. The van der Waals surface area contributed by atoms with Gasteiger partial charge >= 0.3 is 0 Å². The highest BCUT2D eigenvalue weighted by molar-refractivity contribution is 7.09. The fraction of sp³-hybridized carbons (Fsp3) is 0.700. The Hall–Kier alpha value is -0.450. The molecule has 1 aromatic rings. The molecule has 1 saturated heterocycles. The molecule has 0 amide bonds. The van der Waals surface area contributed by atoms with Crippen LogP contribution in [0.1, 0.15) is 23.9 Å². The van der Waals surface area contributed by atoms with Gasteiger partial charge in [-0.25, -0.2) is 4.98 Å². The lowest BCUT2D eigenvalue weighted by atomic mass is 9.90. The number of aromatic nitrogens is 1. The molecule has 2 rings (SSSR count). The highest BCUT2D eigenvalue weighted by Gasteiger charge is 2.30. The maximum Gasteiger partial charge on any atom is 0.110 e. The van der Waals surface area contributed by atoms with Crippen LogP contribution in [-0.2, 0) is 0 Å². The van der Waals surface area contributed by atoms with Crippen LogP contribution < -0.4 is 5.73 Å². The van der Waals surface area contributed by atoms with E-state index in [9.17, 15) is 0 Å². The van der Waals surface area contributed by atoms with E-state index in [1.165, 1.54) is 24.4 Å². The third-order valence-electron chi connectivity index (χ3n) is 3.01. The molecule has 0 spiro atoms. The summed E-state index contributed by atoms with van der Waals surface area (Å²) in [5.74, 6) is 0.583. The first kappa shape index (κ1) is 10.1. The van der Waals surface area contributed by atoms with Crippen LogP contribution in [-0.4, -0.2) is 30.0 Å². The first-order valence-electron chi connectivity index (χ1n) is 5.12. The lowest BCUT2D eigenvalue weighted by Gasteiger charge is -2.37. The van der Waals surface area contributed by atoms with E-state index in [-0.39, 0.29) is 0 Å². The minimum atomic E-state index is 0.453. The SMILES string of the molecule is CN1CCCC(CN)C1c1nccs1. The van der Waals surface area contributed by atoms with Crippen LogP contribution in [0, 0.1) is 5.92 Å². The fourth-order valence-corrected chi connectivity index (χ4v) is 3.17. The number of likely N-dealkylation sites (tertiary alicyclic amines) is 1. The second-order valence-electron chi connectivity index (χ2n) is 3.93. The molecule has 0 bridgehead atoms. The third kappa shape index (κ3) is 1.82. The van der Waals surface area contributed by atoms with Crippen LogP contribution in [0.2, 0.25) is 0 Å². The van der Waals surface area contributed by atoms with E-state index in [4.69, 9.17) is 5.73 Å². The topological polar surface area (TPSA) is 42.1 Å². The predicted octanol–water partition coefficient (Wildman–Crippen LogP) is 1.48. The number of hydrogen-bond acceptors (Lipinski definition) is 4. The number of hydrogen-bond donors (Lipinski definition) is 1. The zero-order chi connectivity index (χ0) is 9.97. The van der Waals surface area contributed by atoms with Crippen molar-refractivity contribution in [1.82, 2.24) is 9.88 Å². The molecule has 0 aromatic carbocycles. The van der Waals surface area contributed by atoms with Gasteiger partial charge in [0.2, 0.25) is 0 Å². The molecule has 1 aliphatic heterocycles. The fourth-order valence-electron chi connectivity index (χ4n) is 2.28. The van der Waals surface area contributed by atoms with Crippen LogP contribution in [0.4, 0.5) is 0 Å². The lowest BCUT2D eigenvalue weighted by Crippen LogP contribution is -2.39. The molecule has 2 N–H and O–H groups in total. The maximum atomic E-state index is 5.81. The van der Waals surface area contributed by atoms with Gasteiger partial charge in [-0.05, 0) is 38.9 Å². The van der Waals surface area contributed by atoms with Gasteiger partial charge in [-0.15, -0.1) is 11.3 Å². The van der Waals surface area contributed by atoms with E-state index in [0.29, 0.717) is 12.0 Å². The Kier molecular flexibility index (Phi) is 3.15. The van der Waals surface area contributed by atoms with Crippen molar-refractivity contribution < 1.29 is 0 Å². The summed E-state index contributed by atoms with van der Waals surface area (Å²) in [7, 11) is 2.17. The van der Waals surface area contributed by atoms with Crippen molar-refractivity contribution in [2.24, 2.45) is 11.7 Å². The van der Waals surface area contributed by atoms with E-state index in [1.807, 2.05) is 11.6 Å². The van der Waals surface area contributed by atoms with Gasteiger partial charge < -0.3 is 5.73 Å². The molecule has 2 heterocycles. The first-order valence-corrected chi connectivity index (χ1v) is 6.00. The summed E-state index contributed by atoms with van der Waals surface area (Å²) < 4.78 is 0. The van der Waals surface area contributed by atoms with Crippen LogP contribution >= 0.6 is 11.3 Å². The summed E-state index contributed by atoms with van der Waals surface area (Å²) in [6, 6.07) is 0.453. The summed E-state index contributed by atoms with van der Waals surface area (Å²) in [4.78, 5) is 6.80. The third-order valence-corrected chi connectivity index (χ3v) is 3.86. The summed E-state index contributed by atoms with van der Waals surface area (Å²) in [6.45, 7) is 1.94. The number of rotatable bonds is 2. The number of nitrogens with two attached hydrogens (primary N) is 1. The molecule has 1 fully saturated rings. The van der Waals surface area contributed by atoms with Crippen molar-refractivity contribution in [1.29, 1.82) is 0 Å². The van der Waals surface area contributed by atoms with Gasteiger partial charge in [0, 0.05) is 11.6 Å². The van der Waals surface area contributed by atoms with Crippen molar-refractivity contribution >= 4 is 11.3 Å². The van der Waals surface area contributed by atoms with Gasteiger partial charge in [0.25, 0.3) is 0 Å². The van der Waals surface area contributed by atoms with Gasteiger partial charge in [-0.1, -0.05) is 0 Å². The number of thiazole rings is 1. The molecule has 14 heavy (non-hydrogen) atoms. The van der Waals surface area contributed by atoms with Crippen LogP contribution in [0.3, 0.4) is 0 Å². The molecule has 2 unspecified atom stereocenters. The van der Waals surface area contributed by atoms with E-state index in [2.05, 4.69) is 16.9 Å². The highest BCUT2D eigenvalue weighted by Crippen LogP contribution is 2.34. The van der Waals surface area contributed by atoms with Crippen LogP contribution in [0.5, 0.6) is 0 Å². The van der Waals surface area contributed by atoms with E-state index in [0.717, 1.165) is 6.54 Å². The smallest absolute Gasteiger partial charge is 0.110 e. The van der Waals surface area contributed by atoms with Gasteiger partial charge in [-0.2, -0.15) is 0 Å². The molecule has 0 aliphatic carbocycles. The Balaban J connectivity index is 2.19. The van der Waals surface area contributed by atoms with Crippen molar-refractivity contribution in [2.45, 2.75) is 18.9 Å². The van der Waals surface area contributed by atoms with Crippen molar-refractivity contribution in [3.63, 3.8) is 0 Å². The van der Waals surface area contributed by atoms with Gasteiger partial charge in [0.05, 0.1) is 6.04 Å². The van der Waals surface area contributed by atoms with Crippen molar-refractivity contribution in [2.75, 3.05) is 20.1 Å². The molecule has 1 aliphatic rings. The standard InChI is InChI=1S/C10H17N3S/c1-13-5-2-3-8(7-11)9(13)10-12-4-6-14-10/h4,6,8-9H,2-3,5,7,11H2,1H3. The Bertz CT molecular complexity index is 273. The second-order valence-corrected chi connectivity index (χ2v) is 4.86. The molecule has 1 aromatic heterocycles. The molecule has 78 valence electrons. The van der Waals surface area contributed by atoms with Crippen molar-refractivity contribution in [3.05, 3.63) is 16.6 Å². The minimum Gasteiger partial charge on any atom is -0.330 e. The number of nitrogens with zero attached hydrogens (tertiary/aromatic N) is 2. The normalized spacial score (nSPS) is 29.3. The summed E-state index contributed by atoms with van der Waals surface area (Å²) >= 11 is 1.74. The van der Waals surface area contributed by atoms with Crippen LogP contribution in [0.25, 0.3) is 0 Å². The predicted molar refractivity (Wildman–Crippen MR) is 59.3 cm³/mol. The largest absolute Gasteiger partial charge is 0.330 e. The Morgan fingerprint density at radius 1 is 1.71 bits per heavy atom. The van der Waals surface area contributed by atoms with Crippen LogP contribution in [0.15, 0.2) is 11.6 Å². The second kappa shape index (κ2) is 4.38. The zero-order valence-electron chi connectivity index (χ0n) is 8.52. The Morgan fingerprint density at radius 2 is 2.57 bits per heavy atom. The molecule has 2 atom stereocenters. The minimum absolute atomic E-state index is 0.453. The van der Waals surface area contributed by atoms with Gasteiger partial charge in [-0.3, -0.25) is 4.90 Å². The molecule has 4 heteroatoms. The molecule has 0 radical (unpaired) electrons. The maximum absolute atomic E-state index is 5.81. The monoisotopic (exact) mass is 211 g/mol. The number of piperidine rings is 1. The van der Waals surface area contributed by atoms with E-state index in [1.54, 1.807) is 11.3 Å². The van der Waals surface area contributed by atoms with E-state index < -0.39 is 0 Å². The van der Waals surface area contributed by atoms with Gasteiger partial charge in [0.1, 0.15) is 5.01 Å². The zero-order valence-corrected chi connectivity index (χ0v) is 9.33. The first-order chi connectivity index (χ1) is 6.83. The Morgan fingerprint density at radius 3 is 3.21 bits per heavy atom.